The molecule has 1 aliphatic carbocycles. The molecule has 3 aromatic rings. The third-order valence-corrected chi connectivity index (χ3v) is 7.46. The summed E-state index contributed by atoms with van der Waals surface area (Å²) in [6.45, 7) is 0.851. The van der Waals surface area contributed by atoms with Crippen LogP contribution in [0.2, 0.25) is 0 Å². The first-order valence-corrected chi connectivity index (χ1v) is 10.9. The summed E-state index contributed by atoms with van der Waals surface area (Å²) in [4.78, 5) is 0.227. The van der Waals surface area contributed by atoms with Gasteiger partial charge >= 0.3 is 0 Å². The van der Waals surface area contributed by atoms with Crippen LogP contribution in [0.15, 0.2) is 58.9 Å². The smallest absolute Gasteiger partial charge is 0.246 e. The number of aromatic nitrogens is 4. The van der Waals surface area contributed by atoms with Crippen LogP contribution in [0.25, 0.3) is 5.69 Å². The van der Waals surface area contributed by atoms with E-state index in [9.17, 15) is 12.8 Å². The molecule has 9 heteroatoms. The van der Waals surface area contributed by atoms with Crippen molar-refractivity contribution >= 4 is 10.0 Å². The van der Waals surface area contributed by atoms with Gasteiger partial charge < -0.3 is 0 Å². The Morgan fingerprint density at radius 1 is 1.03 bits per heavy atom. The Morgan fingerprint density at radius 2 is 1.83 bits per heavy atom. The quantitative estimate of drug-likeness (QED) is 0.618. The Kier molecular flexibility index (Phi) is 4.18. The van der Waals surface area contributed by atoms with E-state index < -0.39 is 10.0 Å². The van der Waals surface area contributed by atoms with Gasteiger partial charge in [-0.05, 0) is 42.7 Å². The summed E-state index contributed by atoms with van der Waals surface area (Å²) < 4.78 is 44.0. The van der Waals surface area contributed by atoms with Crippen LogP contribution in [0.4, 0.5) is 4.39 Å². The summed E-state index contributed by atoms with van der Waals surface area (Å²) in [5.41, 5.74) is 5.44. The van der Waals surface area contributed by atoms with E-state index in [1.807, 2.05) is 10.9 Å². The average Bonchev–Trinajstić information content (AvgIpc) is 3.33. The molecule has 0 radical (unpaired) electrons. The van der Waals surface area contributed by atoms with E-state index >= 15 is 0 Å². The van der Waals surface area contributed by atoms with Crippen molar-refractivity contribution in [3.05, 3.63) is 71.1 Å². The zero-order chi connectivity index (χ0) is 20.2. The van der Waals surface area contributed by atoms with Crippen LogP contribution in [0.1, 0.15) is 17.7 Å². The van der Waals surface area contributed by atoms with E-state index in [1.165, 1.54) is 39.1 Å². The molecule has 5 rings (SSSR count). The zero-order valence-corrected chi connectivity index (χ0v) is 16.7. The molecule has 2 aromatic heterocycles. The van der Waals surface area contributed by atoms with Crippen molar-refractivity contribution < 1.29 is 12.8 Å². The molecule has 150 valence electrons. The lowest BCUT2D eigenvalue weighted by molar-refractivity contribution is 0.412. The number of hydrogen-bond donors (Lipinski definition) is 0. The summed E-state index contributed by atoms with van der Waals surface area (Å²) in [7, 11) is -1.85. The minimum atomic E-state index is -3.55. The normalized spacial score (nSPS) is 17.3. The summed E-state index contributed by atoms with van der Waals surface area (Å²) in [6.07, 6.45) is 6.88. The Hall–Kier alpha value is -2.78. The van der Waals surface area contributed by atoms with E-state index in [0.29, 0.717) is 25.9 Å². The highest BCUT2D eigenvalue weighted by Crippen LogP contribution is 2.34. The highest BCUT2D eigenvalue weighted by atomic mass is 32.2. The Labute approximate surface area is 168 Å². The topological polar surface area (TPSA) is 73.0 Å². The Bertz CT molecular complexity index is 1220. The van der Waals surface area contributed by atoms with Gasteiger partial charge in [0.05, 0.1) is 23.8 Å². The summed E-state index contributed by atoms with van der Waals surface area (Å²) >= 11 is 0. The van der Waals surface area contributed by atoms with E-state index in [2.05, 4.69) is 10.2 Å². The highest BCUT2D eigenvalue weighted by Gasteiger charge is 2.33. The number of fused-ring (bicyclic) bond motifs is 1. The maximum absolute atomic E-state index is 13.2. The number of nitrogens with zero attached hydrogens (tertiary/aromatic N) is 5. The van der Waals surface area contributed by atoms with Crippen LogP contribution >= 0.6 is 0 Å². The van der Waals surface area contributed by atoms with Crippen LogP contribution in [-0.4, -0.2) is 45.4 Å². The second kappa shape index (κ2) is 6.64. The summed E-state index contributed by atoms with van der Waals surface area (Å²) in [5.74, 6) is -0.276. The highest BCUT2D eigenvalue weighted by molar-refractivity contribution is 7.89. The predicted molar refractivity (Wildman–Crippen MR) is 105 cm³/mol. The molecule has 0 bridgehead atoms. The van der Waals surface area contributed by atoms with Crippen LogP contribution < -0.4 is 0 Å². The molecule has 0 saturated carbocycles. The van der Waals surface area contributed by atoms with Gasteiger partial charge in [0.2, 0.25) is 10.0 Å². The fourth-order valence-electron chi connectivity index (χ4n) is 4.10. The van der Waals surface area contributed by atoms with Crippen molar-refractivity contribution in [2.75, 3.05) is 13.1 Å². The van der Waals surface area contributed by atoms with Crippen molar-refractivity contribution in [3.63, 3.8) is 0 Å². The molecule has 0 N–H and O–H groups in total. The van der Waals surface area contributed by atoms with Gasteiger partial charge in [0.25, 0.3) is 0 Å². The molecule has 2 aliphatic rings. The summed E-state index contributed by atoms with van der Waals surface area (Å²) in [5, 5.41) is 8.49. The largest absolute Gasteiger partial charge is 0.274 e. The molecular formula is C20H20FN5O2S. The zero-order valence-electron chi connectivity index (χ0n) is 15.9. The van der Waals surface area contributed by atoms with Crippen LogP contribution in [0, 0.1) is 5.82 Å². The van der Waals surface area contributed by atoms with Gasteiger partial charge in [-0.1, -0.05) is 11.1 Å². The van der Waals surface area contributed by atoms with Crippen molar-refractivity contribution in [2.45, 2.75) is 24.2 Å². The SMILES string of the molecule is Cn1cc(S(=O)(=O)N2CCC3=C(Cc4cnn(-c5ccc(F)cc5)c4C3)C2)cn1. The first-order chi connectivity index (χ1) is 13.9. The lowest BCUT2D eigenvalue weighted by atomic mass is 9.86. The molecule has 0 saturated heterocycles. The molecular weight excluding hydrogens is 393 g/mol. The molecule has 0 amide bonds. The molecule has 0 fully saturated rings. The van der Waals surface area contributed by atoms with Crippen molar-refractivity contribution in [1.29, 1.82) is 0 Å². The van der Waals surface area contributed by atoms with E-state index in [0.717, 1.165) is 28.9 Å². The lowest BCUT2D eigenvalue weighted by Gasteiger charge is -2.32. The van der Waals surface area contributed by atoms with Gasteiger partial charge in [0.15, 0.2) is 0 Å². The fraction of sp³-hybridized carbons (Fsp3) is 0.300. The number of sulfonamides is 1. The van der Waals surface area contributed by atoms with Crippen LogP contribution in [0.3, 0.4) is 0 Å². The Morgan fingerprint density at radius 3 is 2.55 bits per heavy atom. The number of benzene rings is 1. The molecule has 1 aliphatic heterocycles. The molecule has 29 heavy (non-hydrogen) atoms. The maximum Gasteiger partial charge on any atom is 0.246 e. The molecule has 0 unspecified atom stereocenters. The van der Waals surface area contributed by atoms with E-state index in [1.54, 1.807) is 19.2 Å². The number of halogens is 1. The van der Waals surface area contributed by atoms with Crippen molar-refractivity contribution in [3.8, 4) is 5.69 Å². The molecule has 1 aromatic carbocycles. The summed E-state index contributed by atoms with van der Waals surface area (Å²) in [6, 6.07) is 6.29. The van der Waals surface area contributed by atoms with Gasteiger partial charge in [-0.15, -0.1) is 0 Å². The number of aryl methyl sites for hydroxylation is 1. The lowest BCUT2D eigenvalue weighted by Crippen LogP contribution is -2.38. The van der Waals surface area contributed by atoms with Gasteiger partial charge in [-0.25, -0.2) is 17.5 Å². The minimum absolute atomic E-state index is 0.227. The van der Waals surface area contributed by atoms with Gasteiger partial charge in [0.1, 0.15) is 10.7 Å². The Balaban J connectivity index is 1.41. The number of hydrogen-bond acceptors (Lipinski definition) is 4. The minimum Gasteiger partial charge on any atom is -0.274 e. The predicted octanol–water partition coefficient (Wildman–Crippen LogP) is 2.23. The molecule has 3 heterocycles. The van der Waals surface area contributed by atoms with Gasteiger partial charge in [-0.2, -0.15) is 14.5 Å². The third-order valence-electron chi connectivity index (χ3n) is 5.66. The number of rotatable bonds is 3. The molecule has 7 nitrogen and oxygen atoms in total. The van der Waals surface area contributed by atoms with Crippen LogP contribution in [-0.2, 0) is 29.9 Å². The monoisotopic (exact) mass is 413 g/mol. The van der Waals surface area contributed by atoms with Gasteiger partial charge in [0, 0.05) is 32.8 Å². The first-order valence-electron chi connectivity index (χ1n) is 9.42. The van der Waals surface area contributed by atoms with Crippen LogP contribution in [0.5, 0.6) is 0 Å². The average molecular weight is 413 g/mol. The van der Waals surface area contributed by atoms with E-state index in [-0.39, 0.29) is 10.7 Å². The fourth-order valence-corrected chi connectivity index (χ4v) is 5.52. The van der Waals surface area contributed by atoms with E-state index in [4.69, 9.17) is 0 Å². The second-order valence-electron chi connectivity index (χ2n) is 7.50. The van der Waals surface area contributed by atoms with Crippen molar-refractivity contribution in [1.82, 2.24) is 23.9 Å². The molecule has 0 atom stereocenters. The standard InChI is InChI=1S/C20H20FN5O2S/c1-24-13-19(11-22-24)29(27,28)25-7-6-14-9-20-15(8-16(14)12-25)10-23-26(20)18-4-2-17(21)3-5-18/h2-5,10-11,13H,6-9,12H2,1H3. The van der Waals surface area contributed by atoms with Crippen molar-refractivity contribution in [2.24, 2.45) is 7.05 Å². The molecule has 0 spiro atoms. The maximum atomic E-state index is 13.2. The second-order valence-corrected chi connectivity index (χ2v) is 9.44. The van der Waals surface area contributed by atoms with Gasteiger partial charge in [-0.3, -0.25) is 4.68 Å². The first kappa shape index (κ1) is 18.3. The third kappa shape index (κ3) is 3.10.